The first kappa shape index (κ1) is 29.9. The number of methoxy groups -OCH3 is 1. The number of hydrogen-bond donors (Lipinski definition) is 3. The standard InChI is InChI=1S/C26H34N4O5.C2H6/c1-16(2)25(33)21(12-17-8-10-28-11-9-17)29-26(34)22-13-18(31)15-30(22)24(32)14-20(27)19-6-4-5-7-23(19)35-3;1-2/h4-11,16,18,20-22,31H,12-15,27H2,1-3H3,(H,29,34);1-2H3/t18?,20?,21-,22-;/m0./s1. The zero-order valence-electron chi connectivity index (χ0n) is 22.4. The Morgan fingerprint density at radius 3 is 2.43 bits per heavy atom. The van der Waals surface area contributed by atoms with Gasteiger partial charge in [-0.2, -0.15) is 0 Å². The maximum absolute atomic E-state index is 13.3. The quantitative estimate of drug-likeness (QED) is 0.445. The molecule has 202 valence electrons. The Bertz CT molecular complexity index is 1030. The molecule has 0 radical (unpaired) electrons. The minimum absolute atomic E-state index is 0.0305. The zero-order chi connectivity index (χ0) is 27.5. The summed E-state index contributed by atoms with van der Waals surface area (Å²) in [6.45, 7) is 7.59. The molecule has 2 aromatic rings. The van der Waals surface area contributed by atoms with Crippen molar-refractivity contribution >= 4 is 17.6 Å². The molecule has 9 nitrogen and oxygen atoms in total. The van der Waals surface area contributed by atoms with Gasteiger partial charge in [-0.3, -0.25) is 19.4 Å². The van der Waals surface area contributed by atoms with Gasteiger partial charge in [0.05, 0.1) is 19.3 Å². The van der Waals surface area contributed by atoms with Gasteiger partial charge in [-0.25, -0.2) is 0 Å². The molecule has 1 aromatic heterocycles. The second kappa shape index (κ2) is 14.4. The van der Waals surface area contributed by atoms with Gasteiger partial charge >= 0.3 is 0 Å². The van der Waals surface area contributed by atoms with Crippen LogP contribution in [0.1, 0.15) is 57.7 Å². The average Bonchev–Trinajstić information content (AvgIpc) is 3.31. The molecular formula is C28H40N4O5. The number of para-hydroxylation sites is 1. The summed E-state index contributed by atoms with van der Waals surface area (Å²) >= 11 is 0. The van der Waals surface area contributed by atoms with Gasteiger partial charge in [0, 0.05) is 49.3 Å². The Hall–Kier alpha value is -3.30. The Kier molecular flexibility index (Phi) is 11.7. The summed E-state index contributed by atoms with van der Waals surface area (Å²) in [7, 11) is 1.53. The van der Waals surface area contributed by atoms with E-state index in [1.165, 1.54) is 12.0 Å². The molecule has 2 heterocycles. The summed E-state index contributed by atoms with van der Waals surface area (Å²) in [5, 5.41) is 13.1. The third kappa shape index (κ3) is 8.10. The first-order chi connectivity index (χ1) is 17.7. The Morgan fingerprint density at radius 1 is 1.16 bits per heavy atom. The molecule has 1 aliphatic heterocycles. The van der Waals surface area contributed by atoms with Crippen molar-refractivity contribution in [1.82, 2.24) is 15.2 Å². The van der Waals surface area contributed by atoms with Crippen LogP contribution in [0.25, 0.3) is 0 Å². The fourth-order valence-electron chi connectivity index (χ4n) is 4.37. The lowest BCUT2D eigenvalue weighted by Crippen LogP contribution is -2.52. The van der Waals surface area contributed by atoms with Crippen LogP contribution in [0.15, 0.2) is 48.8 Å². The summed E-state index contributed by atoms with van der Waals surface area (Å²) in [5.74, 6) is -0.623. The molecular weight excluding hydrogens is 472 g/mol. The number of carbonyl (C=O) groups is 3. The number of aromatic nitrogens is 1. The number of nitrogens with two attached hydrogens (primary N) is 1. The highest BCUT2D eigenvalue weighted by atomic mass is 16.5. The zero-order valence-corrected chi connectivity index (χ0v) is 22.4. The normalized spacial score (nSPS) is 18.4. The Morgan fingerprint density at radius 2 is 1.81 bits per heavy atom. The van der Waals surface area contributed by atoms with Crippen molar-refractivity contribution in [2.45, 2.75) is 71.2 Å². The number of ether oxygens (including phenoxy) is 1. The number of ketones is 1. The lowest BCUT2D eigenvalue weighted by Gasteiger charge is -2.27. The number of aliphatic hydroxyl groups excluding tert-OH is 1. The van der Waals surface area contributed by atoms with E-state index >= 15 is 0 Å². The molecule has 4 N–H and O–H groups in total. The number of carbonyl (C=O) groups excluding carboxylic acids is 3. The van der Waals surface area contributed by atoms with Crippen LogP contribution >= 0.6 is 0 Å². The molecule has 2 amide bonds. The smallest absolute Gasteiger partial charge is 0.243 e. The second-order valence-corrected chi connectivity index (χ2v) is 9.18. The molecule has 0 aliphatic carbocycles. The highest BCUT2D eigenvalue weighted by Crippen LogP contribution is 2.27. The lowest BCUT2D eigenvalue weighted by atomic mass is 9.95. The van der Waals surface area contributed by atoms with Crippen molar-refractivity contribution in [3.63, 3.8) is 0 Å². The molecule has 0 bridgehead atoms. The van der Waals surface area contributed by atoms with E-state index in [9.17, 15) is 19.5 Å². The average molecular weight is 513 g/mol. The van der Waals surface area contributed by atoms with Gasteiger partial charge in [-0.05, 0) is 30.2 Å². The first-order valence-electron chi connectivity index (χ1n) is 12.8. The van der Waals surface area contributed by atoms with E-state index in [2.05, 4.69) is 10.3 Å². The molecule has 1 fully saturated rings. The minimum atomic E-state index is -0.887. The highest BCUT2D eigenvalue weighted by molar-refractivity contribution is 5.94. The predicted molar refractivity (Wildman–Crippen MR) is 142 cm³/mol. The molecule has 1 saturated heterocycles. The van der Waals surface area contributed by atoms with Gasteiger partial charge in [-0.1, -0.05) is 45.9 Å². The van der Waals surface area contributed by atoms with E-state index in [0.29, 0.717) is 17.7 Å². The molecule has 4 atom stereocenters. The molecule has 1 aromatic carbocycles. The van der Waals surface area contributed by atoms with Crippen LogP contribution in [0.2, 0.25) is 0 Å². The summed E-state index contributed by atoms with van der Waals surface area (Å²) in [5.41, 5.74) is 7.84. The van der Waals surface area contributed by atoms with Crippen molar-refractivity contribution < 1.29 is 24.2 Å². The number of pyridine rings is 1. The number of benzene rings is 1. The molecule has 0 saturated carbocycles. The monoisotopic (exact) mass is 512 g/mol. The van der Waals surface area contributed by atoms with Crippen molar-refractivity contribution in [3.8, 4) is 5.75 Å². The number of likely N-dealkylation sites (tertiary alicyclic amines) is 1. The second-order valence-electron chi connectivity index (χ2n) is 9.18. The molecule has 3 rings (SSSR count). The van der Waals surface area contributed by atoms with Crippen LogP contribution in [0.3, 0.4) is 0 Å². The van der Waals surface area contributed by atoms with Gasteiger partial charge in [0.15, 0.2) is 5.78 Å². The maximum atomic E-state index is 13.3. The van der Waals surface area contributed by atoms with Crippen LogP contribution < -0.4 is 15.8 Å². The van der Waals surface area contributed by atoms with E-state index in [1.54, 1.807) is 50.5 Å². The van der Waals surface area contributed by atoms with Gasteiger partial charge in [-0.15, -0.1) is 0 Å². The van der Waals surface area contributed by atoms with Crippen LogP contribution in [0.5, 0.6) is 5.75 Å². The van der Waals surface area contributed by atoms with Crippen LogP contribution in [-0.2, 0) is 20.8 Å². The number of hydrogen-bond acceptors (Lipinski definition) is 7. The summed E-state index contributed by atoms with van der Waals surface area (Å²) in [6.07, 6.45) is 2.78. The number of aliphatic hydroxyl groups is 1. The molecule has 9 heteroatoms. The molecule has 37 heavy (non-hydrogen) atoms. The van der Waals surface area contributed by atoms with Crippen molar-refractivity contribution in [2.24, 2.45) is 11.7 Å². The van der Waals surface area contributed by atoms with Crippen molar-refractivity contribution in [2.75, 3.05) is 13.7 Å². The first-order valence-corrected chi connectivity index (χ1v) is 12.8. The molecule has 0 spiro atoms. The third-order valence-electron chi connectivity index (χ3n) is 6.25. The third-order valence-corrected chi connectivity index (χ3v) is 6.25. The lowest BCUT2D eigenvalue weighted by molar-refractivity contribution is -0.139. The van der Waals surface area contributed by atoms with Gasteiger partial charge < -0.3 is 25.8 Å². The van der Waals surface area contributed by atoms with E-state index in [-0.39, 0.29) is 37.0 Å². The van der Waals surface area contributed by atoms with Gasteiger partial charge in [0.2, 0.25) is 11.8 Å². The largest absolute Gasteiger partial charge is 0.496 e. The molecule has 2 unspecified atom stereocenters. The fraction of sp³-hybridized carbons (Fsp3) is 0.500. The predicted octanol–water partition coefficient (Wildman–Crippen LogP) is 2.42. The van der Waals surface area contributed by atoms with Crippen molar-refractivity contribution in [3.05, 3.63) is 59.9 Å². The number of nitrogens with one attached hydrogen (secondary N) is 1. The SMILES string of the molecule is CC.COc1ccccc1C(N)CC(=O)N1CC(O)C[C@H]1C(=O)N[C@@H](Cc1ccncc1)C(=O)C(C)C. The summed E-state index contributed by atoms with van der Waals surface area (Å²) < 4.78 is 5.34. The van der Waals surface area contributed by atoms with E-state index in [0.717, 1.165) is 5.56 Å². The fourth-order valence-corrected chi connectivity index (χ4v) is 4.37. The van der Waals surface area contributed by atoms with Crippen LogP contribution in [0.4, 0.5) is 0 Å². The van der Waals surface area contributed by atoms with E-state index < -0.39 is 30.1 Å². The highest BCUT2D eigenvalue weighted by Gasteiger charge is 2.40. The van der Waals surface area contributed by atoms with E-state index in [4.69, 9.17) is 10.5 Å². The summed E-state index contributed by atoms with van der Waals surface area (Å²) in [4.78, 5) is 44.6. The Balaban J connectivity index is 0.00000235. The number of Topliss-reactive ketones (excluding diaryl/α,β-unsaturated/α-hetero) is 1. The number of amides is 2. The van der Waals surface area contributed by atoms with Crippen LogP contribution in [-0.4, -0.2) is 64.4 Å². The minimum Gasteiger partial charge on any atom is -0.496 e. The van der Waals surface area contributed by atoms with Gasteiger partial charge in [0.25, 0.3) is 0 Å². The van der Waals surface area contributed by atoms with Crippen LogP contribution in [0, 0.1) is 5.92 Å². The molecule has 1 aliphatic rings. The Labute approximate surface area is 219 Å². The van der Waals surface area contributed by atoms with E-state index in [1.807, 2.05) is 26.0 Å². The maximum Gasteiger partial charge on any atom is 0.243 e. The number of β-amino-alcohol motifs (C(OH)–C–C–N with tert-alkyl or cyclic N) is 1. The van der Waals surface area contributed by atoms with Crippen molar-refractivity contribution in [1.29, 1.82) is 0 Å². The number of nitrogens with zero attached hydrogens (tertiary/aromatic N) is 2. The topological polar surface area (TPSA) is 135 Å². The van der Waals surface area contributed by atoms with Gasteiger partial charge in [0.1, 0.15) is 11.8 Å². The summed E-state index contributed by atoms with van der Waals surface area (Å²) in [6, 6.07) is 8.49. The number of rotatable bonds is 10.